The van der Waals surface area contributed by atoms with Crippen LogP contribution in [0.25, 0.3) is 0 Å². The zero-order chi connectivity index (χ0) is 15.1. The Hall–Kier alpha value is -2.01. The third kappa shape index (κ3) is 4.49. The lowest BCUT2D eigenvalue weighted by Crippen LogP contribution is -2.28. The largest absolute Gasteiger partial charge is 0.497 e. The van der Waals surface area contributed by atoms with Crippen LogP contribution in [-0.4, -0.2) is 26.2 Å². The molecule has 0 aliphatic carbocycles. The third-order valence-electron chi connectivity index (χ3n) is 2.83. The fourth-order valence-corrected chi connectivity index (χ4v) is 2.13. The fraction of sp³-hybridized carbons (Fsp3) is 0.188. The average molecular weight is 350 g/mol. The van der Waals surface area contributed by atoms with Crippen LogP contribution in [0.3, 0.4) is 0 Å². The molecule has 0 bridgehead atoms. The maximum absolute atomic E-state index is 11.9. The van der Waals surface area contributed by atoms with Gasteiger partial charge in [-0.05, 0) is 52.3 Å². The van der Waals surface area contributed by atoms with Gasteiger partial charge < -0.3 is 14.8 Å². The summed E-state index contributed by atoms with van der Waals surface area (Å²) in [7, 11) is 1.59. The highest BCUT2D eigenvalue weighted by molar-refractivity contribution is 9.10. The van der Waals surface area contributed by atoms with E-state index in [-0.39, 0.29) is 5.91 Å². The number of nitrogens with one attached hydrogen (secondary N) is 1. The molecule has 0 fully saturated rings. The molecule has 0 atom stereocenters. The van der Waals surface area contributed by atoms with Gasteiger partial charge >= 0.3 is 0 Å². The number of para-hydroxylation sites is 1. The summed E-state index contributed by atoms with van der Waals surface area (Å²) >= 11 is 3.40. The number of carbonyl (C=O) groups is 1. The predicted molar refractivity (Wildman–Crippen MR) is 85.0 cm³/mol. The topological polar surface area (TPSA) is 47.6 Å². The van der Waals surface area contributed by atoms with Crippen LogP contribution in [0.2, 0.25) is 0 Å². The number of ether oxygens (including phenoxy) is 2. The van der Waals surface area contributed by atoms with Crippen LogP contribution in [0.1, 0.15) is 10.4 Å². The number of rotatable bonds is 6. The van der Waals surface area contributed by atoms with Crippen molar-refractivity contribution in [1.29, 1.82) is 0 Å². The Morgan fingerprint density at radius 2 is 1.86 bits per heavy atom. The van der Waals surface area contributed by atoms with E-state index in [1.165, 1.54) is 0 Å². The van der Waals surface area contributed by atoms with Crippen molar-refractivity contribution in [1.82, 2.24) is 5.32 Å². The van der Waals surface area contributed by atoms with E-state index in [1.54, 1.807) is 31.4 Å². The molecule has 0 unspecified atom stereocenters. The SMILES string of the molecule is COc1ccc(C(=O)NCCOc2ccccc2Br)cc1. The molecular formula is C16H16BrNO3. The summed E-state index contributed by atoms with van der Waals surface area (Å²) in [6.07, 6.45) is 0. The molecule has 1 amide bonds. The second-order valence-corrected chi connectivity index (χ2v) is 5.12. The number of methoxy groups -OCH3 is 1. The number of hydrogen-bond donors (Lipinski definition) is 1. The molecular weight excluding hydrogens is 334 g/mol. The summed E-state index contributed by atoms with van der Waals surface area (Å²) in [5, 5.41) is 2.81. The maximum Gasteiger partial charge on any atom is 0.251 e. The van der Waals surface area contributed by atoms with Gasteiger partial charge in [-0.15, -0.1) is 0 Å². The van der Waals surface area contributed by atoms with Crippen molar-refractivity contribution in [2.45, 2.75) is 0 Å². The normalized spacial score (nSPS) is 10.0. The summed E-state index contributed by atoms with van der Waals surface area (Å²) in [6.45, 7) is 0.844. The molecule has 5 heteroatoms. The highest BCUT2D eigenvalue weighted by Gasteiger charge is 2.05. The van der Waals surface area contributed by atoms with Gasteiger partial charge in [0.1, 0.15) is 18.1 Å². The highest BCUT2D eigenvalue weighted by atomic mass is 79.9. The minimum absolute atomic E-state index is 0.131. The van der Waals surface area contributed by atoms with Gasteiger partial charge in [0.15, 0.2) is 0 Å². The van der Waals surface area contributed by atoms with Crippen molar-refractivity contribution in [3.05, 3.63) is 58.6 Å². The molecule has 0 saturated carbocycles. The average Bonchev–Trinajstić information content (AvgIpc) is 2.53. The first kappa shape index (κ1) is 15.4. The van der Waals surface area contributed by atoms with Crippen molar-refractivity contribution in [2.75, 3.05) is 20.3 Å². The summed E-state index contributed by atoms with van der Waals surface area (Å²) in [4.78, 5) is 11.9. The molecule has 2 aromatic carbocycles. The lowest BCUT2D eigenvalue weighted by Gasteiger charge is -2.09. The molecule has 0 aliphatic rings. The molecule has 0 radical (unpaired) electrons. The first-order valence-electron chi connectivity index (χ1n) is 6.50. The number of amides is 1. The Balaban J connectivity index is 1.77. The van der Waals surface area contributed by atoms with Gasteiger partial charge in [0.2, 0.25) is 0 Å². The monoisotopic (exact) mass is 349 g/mol. The van der Waals surface area contributed by atoms with Crippen molar-refractivity contribution in [3.63, 3.8) is 0 Å². The molecule has 1 N–H and O–H groups in total. The first-order chi connectivity index (χ1) is 10.2. The number of hydrogen-bond acceptors (Lipinski definition) is 3. The molecule has 110 valence electrons. The molecule has 0 heterocycles. The van der Waals surface area contributed by atoms with Crippen LogP contribution in [0.15, 0.2) is 53.0 Å². The second-order valence-electron chi connectivity index (χ2n) is 4.26. The molecule has 4 nitrogen and oxygen atoms in total. The van der Waals surface area contributed by atoms with E-state index in [0.29, 0.717) is 18.7 Å². The van der Waals surface area contributed by atoms with Crippen LogP contribution in [0.4, 0.5) is 0 Å². The van der Waals surface area contributed by atoms with Gasteiger partial charge in [-0.2, -0.15) is 0 Å². The van der Waals surface area contributed by atoms with E-state index < -0.39 is 0 Å². The van der Waals surface area contributed by atoms with Crippen molar-refractivity contribution in [3.8, 4) is 11.5 Å². The molecule has 0 spiro atoms. The summed E-state index contributed by atoms with van der Waals surface area (Å²) in [5.74, 6) is 1.35. The zero-order valence-corrected chi connectivity index (χ0v) is 13.2. The van der Waals surface area contributed by atoms with Crippen molar-refractivity contribution in [2.24, 2.45) is 0 Å². The molecule has 21 heavy (non-hydrogen) atoms. The maximum atomic E-state index is 11.9. The Morgan fingerprint density at radius 3 is 2.52 bits per heavy atom. The van der Waals surface area contributed by atoms with Crippen LogP contribution in [-0.2, 0) is 0 Å². The van der Waals surface area contributed by atoms with Crippen LogP contribution in [0, 0.1) is 0 Å². The van der Waals surface area contributed by atoms with E-state index in [4.69, 9.17) is 9.47 Å². The van der Waals surface area contributed by atoms with E-state index in [2.05, 4.69) is 21.2 Å². The number of benzene rings is 2. The summed E-state index contributed by atoms with van der Waals surface area (Å²) < 4.78 is 11.5. The van der Waals surface area contributed by atoms with Crippen LogP contribution >= 0.6 is 15.9 Å². The van der Waals surface area contributed by atoms with E-state index in [9.17, 15) is 4.79 Å². The van der Waals surface area contributed by atoms with E-state index >= 15 is 0 Å². The highest BCUT2D eigenvalue weighted by Crippen LogP contribution is 2.23. The molecule has 0 aliphatic heterocycles. The van der Waals surface area contributed by atoms with Gasteiger partial charge in [-0.25, -0.2) is 0 Å². The summed E-state index contributed by atoms with van der Waals surface area (Å²) in [5.41, 5.74) is 0.594. The van der Waals surface area contributed by atoms with Crippen molar-refractivity contribution < 1.29 is 14.3 Å². The van der Waals surface area contributed by atoms with Crippen LogP contribution < -0.4 is 14.8 Å². The van der Waals surface area contributed by atoms with Gasteiger partial charge in [-0.3, -0.25) is 4.79 Å². The molecule has 2 aromatic rings. The summed E-state index contributed by atoms with van der Waals surface area (Å²) in [6, 6.07) is 14.6. The zero-order valence-electron chi connectivity index (χ0n) is 11.6. The van der Waals surface area contributed by atoms with E-state index in [1.807, 2.05) is 24.3 Å². The van der Waals surface area contributed by atoms with Crippen LogP contribution in [0.5, 0.6) is 11.5 Å². The predicted octanol–water partition coefficient (Wildman–Crippen LogP) is 3.27. The lowest BCUT2D eigenvalue weighted by molar-refractivity contribution is 0.0947. The Labute approximate surface area is 132 Å². The van der Waals surface area contributed by atoms with Crippen molar-refractivity contribution >= 4 is 21.8 Å². The first-order valence-corrected chi connectivity index (χ1v) is 7.29. The lowest BCUT2D eigenvalue weighted by atomic mass is 10.2. The van der Waals surface area contributed by atoms with Gasteiger partial charge in [0.25, 0.3) is 5.91 Å². The van der Waals surface area contributed by atoms with Gasteiger partial charge in [0.05, 0.1) is 18.1 Å². The molecule has 0 aromatic heterocycles. The smallest absolute Gasteiger partial charge is 0.251 e. The van der Waals surface area contributed by atoms with Gasteiger partial charge in [-0.1, -0.05) is 12.1 Å². The van der Waals surface area contributed by atoms with Gasteiger partial charge in [0, 0.05) is 5.56 Å². The third-order valence-corrected chi connectivity index (χ3v) is 3.49. The number of carbonyl (C=O) groups excluding carboxylic acids is 1. The second kappa shape index (κ2) is 7.69. The number of halogens is 1. The fourth-order valence-electron chi connectivity index (χ4n) is 1.73. The standard InChI is InChI=1S/C16H16BrNO3/c1-20-13-8-6-12(7-9-13)16(19)18-10-11-21-15-5-3-2-4-14(15)17/h2-9H,10-11H2,1H3,(H,18,19). The Morgan fingerprint density at radius 1 is 1.14 bits per heavy atom. The van der Waals surface area contributed by atoms with E-state index in [0.717, 1.165) is 16.0 Å². The minimum atomic E-state index is -0.131. The molecule has 2 rings (SSSR count). The molecule has 0 saturated heterocycles. The minimum Gasteiger partial charge on any atom is -0.497 e. The quantitative estimate of drug-likeness (QED) is 0.814. The Bertz CT molecular complexity index is 599. The Kier molecular flexibility index (Phi) is 5.63.